The number of benzene rings is 2. The first-order valence-corrected chi connectivity index (χ1v) is 5.96. The van der Waals surface area contributed by atoms with Crippen molar-refractivity contribution >= 4 is 16.8 Å². The van der Waals surface area contributed by atoms with Crippen LogP contribution in [0, 0.1) is 0 Å². The largest absolute Gasteiger partial charge is 0.440 e. The minimum absolute atomic E-state index is 0.727. The van der Waals surface area contributed by atoms with E-state index >= 15 is 0 Å². The van der Waals surface area contributed by atoms with Crippen LogP contribution in [0.1, 0.15) is 11.5 Å². The Morgan fingerprint density at radius 1 is 1.11 bits per heavy atom. The fraction of sp³-hybridized carbons (Fsp3) is 0.133. The number of oxazole rings is 1. The number of aromatic nitrogens is 1. The lowest BCUT2D eigenvalue weighted by molar-refractivity contribution is 0.544. The van der Waals surface area contributed by atoms with Gasteiger partial charge in [0.05, 0.1) is 0 Å². The van der Waals surface area contributed by atoms with Gasteiger partial charge in [0.1, 0.15) is 5.52 Å². The minimum atomic E-state index is 0.727. The molecule has 18 heavy (non-hydrogen) atoms. The Hall–Kier alpha value is -2.29. The van der Waals surface area contributed by atoms with Crippen LogP contribution in [0.15, 0.2) is 52.9 Å². The highest BCUT2D eigenvalue weighted by molar-refractivity contribution is 5.77. The van der Waals surface area contributed by atoms with Gasteiger partial charge in [-0.25, -0.2) is 4.98 Å². The van der Waals surface area contributed by atoms with Gasteiger partial charge in [-0.15, -0.1) is 0 Å². The number of anilines is 1. The van der Waals surface area contributed by atoms with Gasteiger partial charge in [-0.2, -0.15) is 0 Å². The van der Waals surface area contributed by atoms with Crippen LogP contribution in [-0.2, 0) is 6.42 Å². The van der Waals surface area contributed by atoms with Crippen LogP contribution in [0.4, 0.5) is 5.69 Å². The van der Waals surface area contributed by atoms with E-state index in [0.717, 1.165) is 29.1 Å². The molecule has 0 amide bonds. The van der Waals surface area contributed by atoms with E-state index in [2.05, 4.69) is 22.4 Å². The Bertz CT molecular complexity index is 659. The van der Waals surface area contributed by atoms with Gasteiger partial charge in [0.25, 0.3) is 0 Å². The highest BCUT2D eigenvalue weighted by Gasteiger charge is 2.06. The Morgan fingerprint density at radius 3 is 2.72 bits per heavy atom. The van der Waals surface area contributed by atoms with Gasteiger partial charge in [-0.05, 0) is 17.7 Å². The SMILES string of the molecule is CNc1ccc2nc(Cc3ccccc3)oc2c1. The van der Waals surface area contributed by atoms with Crippen molar-refractivity contribution in [3.8, 4) is 0 Å². The summed E-state index contributed by atoms with van der Waals surface area (Å²) in [4.78, 5) is 4.49. The molecule has 1 aromatic heterocycles. The first-order chi connectivity index (χ1) is 8.85. The standard InChI is InChI=1S/C15H14N2O/c1-16-12-7-8-13-14(10-12)18-15(17-13)9-11-5-3-2-4-6-11/h2-8,10,16H,9H2,1H3. The van der Waals surface area contributed by atoms with Gasteiger partial charge in [-0.3, -0.25) is 0 Å². The van der Waals surface area contributed by atoms with E-state index in [0.29, 0.717) is 0 Å². The smallest absolute Gasteiger partial charge is 0.199 e. The normalized spacial score (nSPS) is 10.7. The average molecular weight is 238 g/mol. The molecular formula is C15H14N2O. The first kappa shape index (κ1) is 10.8. The molecule has 0 aliphatic carbocycles. The molecule has 0 saturated heterocycles. The summed E-state index contributed by atoms with van der Waals surface area (Å²) >= 11 is 0. The van der Waals surface area contributed by atoms with Crippen molar-refractivity contribution in [2.75, 3.05) is 12.4 Å². The van der Waals surface area contributed by atoms with E-state index in [1.807, 2.05) is 43.4 Å². The second kappa shape index (κ2) is 4.53. The molecule has 90 valence electrons. The maximum Gasteiger partial charge on any atom is 0.199 e. The molecule has 0 bridgehead atoms. The van der Waals surface area contributed by atoms with E-state index in [4.69, 9.17) is 4.42 Å². The fourth-order valence-electron chi connectivity index (χ4n) is 1.97. The fourth-order valence-corrected chi connectivity index (χ4v) is 1.97. The molecule has 0 radical (unpaired) electrons. The molecule has 3 aromatic rings. The lowest BCUT2D eigenvalue weighted by Gasteiger charge is -1.96. The van der Waals surface area contributed by atoms with E-state index in [1.165, 1.54) is 5.56 Å². The predicted octanol–water partition coefficient (Wildman–Crippen LogP) is 3.46. The van der Waals surface area contributed by atoms with Gasteiger partial charge in [0.15, 0.2) is 11.5 Å². The van der Waals surface area contributed by atoms with Gasteiger partial charge >= 0.3 is 0 Å². The third kappa shape index (κ3) is 2.07. The number of hydrogen-bond acceptors (Lipinski definition) is 3. The third-order valence-electron chi connectivity index (χ3n) is 2.92. The van der Waals surface area contributed by atoms with Gasteiger partial charge in [0.2, 0.25) is 0 Å². The molecule has 3 nitrogen and oxygen atoms in total. The zero-order valence-corrected chi connectivity index (χ0v) is 10.2. The number of nitrogens with zero attached hydrogens (tertiary/aromatic N) is 1. The van der Waals surface area contributed by atoms with E-state index in [-0.39, 0.29) is 0 Å². The lowest BCUT2D eigenvalue weighted by atomic mass is 10.1. The van der Waals surface area contributed by atoms with Crippen LogP contribution in [-0.4, -0.2) is 12.0 Å². The molecule has 0 atom stereocenters. The zero-order valence-electron chi connectivity index (χ0n) is 10.2. The molecular weight excluding hydrogens is 224 g/mol. The quantitative estimate of drug-likeness (QED) is 0.759. The van der Waals surface area contributed by atoms with Crippen molar-refractivity contribution in [2.24, 2.45) is 0 Å². The van der Waals surface area contributed by atoms with Crippen molar-refractivity contribution in [1.82, 2.24) is 4.98 Å². The second-order valence-electron chi connectivity index (χ2n) is 4.20. The molecule has 0 aliphatic rings. The summed E-state index contributed by atoms with van der Waals surface area (Å²) in [7, 11) is 1.89. The maximum atomic E-state index is 5.76. The molecule has 1 N–H and O–H groups in total. The molecule has 2 aromatic carbocycles. The van der Waals surface area contributed by atoms with Crippen molar-refractivity contribution in [1.29, 1.82) is 0 Å². The van der Waals surface area contributed by atoms with Crippen molar-refractivity contribution in [2.45, 2.75) is 6.42 Å². The Labute approximate surface area is 105 Å². The Balaban J connectivity index is 1.94. The van der Waals surface area contributed by atoms with E-state index in [9.17, 15) is 0 Å². The number of fused-ring (bicyclic) bond motifs is 1. The minimum Gasteiger partial charge on any atom is -0.440 e. The van der Waals surface area contributed by atoms with Crippen LogP contribution >= 0.6 is 0 Å². The highest BCUT2D eigenvalue weighted by atomic mass is 16.3. The average Bonchev–Trinajstić information content (AvgIpc) is 2.80. The van der Waals surface area contributed by atoms with Crippen LogP contribution in [0.2, 0.25) is 0 Å². The monoisotopic (exact) mass is 238 g/mol. The summed E-state index contributed by atoms with van der Waals surface area (Å²) in [6.07, 6.45) is 0.727. The lowest BCUT2D eigenvalue weighted by Crippen LogP contribution is -1.86. The van der Waals surface area contributed by atoms with E-state index < -0.39 is 0 Å². The molecule has 0 fully saturated rings. The summed E-state index contributed by atoms with van der Waals surface area (Å²) < 4.78 is 5.76. The summed E-state index contributed by atoms with van der Waals surface area (Å²) in [6, 6.07) is 16.2. The topological polar surface area (TPSA) is 38.1 Å². The zero-order chi connectivity index (χ0) is 12.4. The van der Waals surface area contributed by atoms with Gasteiger partial charge < -0.3 is 9.73 Å². The number of nitrogens with one attached hydrogen (secondary N) is 1. The van der Waals surface area contributed by atoms with Crippen LogP contribution in [0.25, 0.3) is 11.1 Å². The van der Waals surface area contributed by atoms with Gasteiger partial charge in [0, 0.05) is 25.2 Å². The second-order valence-corrected chi connectivity index (χ2v) is 4.20. The molecule has 0 aliphatic heterocycles. The highest BCUT2D eigenvalue weighted by Crippen LogP contribution is 2.21. The molecule has 3 heteroatoms. The van der Waals surface area contributed by atoms with Crippen LogP contribution < -0.4 is 5.32 Å². The van der Waals surface area contributed by atoms with Crippen molar-refractivity contribution in [3.63, 3.8) is 0 Å². The summed E-state index contributed by atoms with van der Waals surface area (Å²) in [6.45, 7) is 0. The Morgan fingerprint density at radius 2 is 1.94 bits per heavy atom. The van der Waals surface area contributed by atoms with Crippen LogP contribution in [0.5, 0.6) is 0 Å². The molecule has 0 spiro atoms. The van der Waals surface area contributed by atoms with Crippen molar-refractivity contribution in [3.05, 3.63) is 60.0 Å². The summed E-state index contributed by atoms with van der Waals surface area (Å²) in [5, 5.41) is 3.09. The third-order valence-corrected chi connectivity index (χ3v) is 2.92. The summed E-state index contributed by atoms with van der Waals surface area (Å²) in [5.41, 5.74) is 3.97. The number of hydrogen-bond donors (Lipinski definition) is 1. The Kier molecular flexibility index (Phi) is 2.73. The predicted molar refractivity (Wildman–Crippen MR) is 72.8 cm³/mol. The molecule has 0 saturated carbocycles. The summed E-state index contributed by atoms with van der Waals surface area (Å²) in [5.74, 6) is 0.754. The maximum absolute atomic E-state index is 5.76. The van der Waals surface area contributed by atoms with E-state index in [1.54, 1.807) is 0 Å². The van der Waals surface area contributed by atoms with Gasteiger partial charge in [-0.1, -0.05) is 30.3 Å². The van der Waals surface area contributed by atoms with Crippen LogP contribution in [0.3, 0.4) is 0 Å². The number of rotatable bonds is 3. The molecule has 0 unspecified atom stereocenters. The van der Waals surface area contributed by atoms with Crippen molar-refractivity contribution < 1.29 is 4.42 Å². The first-order valence-electron chi connectivity index (χ1n) is 5.96. The molecule has 3 rings (SSSR count). The molecule has 1 heterocycles.